The number of rotatable bonds is 2. The van der Waals surface area contributed by atoms with Crippen molar-refractivity contribution in [1.82, 2.24) is 0 Å². The molecule has 0 bridgehead atoms. The quantitative estimate of drug-likeness (QED) is 0.731. The summed E-state index contributed by atoms with van der Waals surface area (Å²) in [5, 5.41) is 0. The third-order valence-electron chi connectivity index (χ3n) is 2.27. The summed E-state index contributed by atoms with van der Waals surface area (Å²) in [6.07, 6.45) is -3.49. The lowest BCUT2D eigenvalue weighted by Crippen LogP contribution is -2.39. The zero-order chi connectivity index (χ0) is 9.90. The maximum absolute atomic E-state index is 11.9. The fourth-order valence-electron chi connectivity index (χ4n) is 1.54. The number of nitrogens with two attached hydrogens (primary N) is 1. The molecular formula is C8H14F3NO. The lowest BCUT2D eigenvalue weighted by Gasteiger charge is -2.27. The Hall–Kier alpha value is -0.290. The van der Waals surface area contributed by atoms with Crippen molar-refractivity contribution in [2.45, 2.75) is 31.5 Å². The van der Waals surface area contributed by atoms with Gasteiger partial charge in [0.05, 0.1) is 13.0 Å². The Morgan fingerprint density at radius 1 is 1.46 bits per heavy atom. The molecule has 0 saturated carbocycles. The van der Waals surface area contributed by atoms with Crippen molar-refractivity contribution < 1.29 is 17.9 Å². The van der Waals surface area contributed by atoms with Crippen molar-refractivity contribution in [3.8, 4) is 0 Å². The van der Waals surface area contributed by atoms with Crippen molar-refractivity contribution in [2.75, 3.05) is 13.2 Å². The highest BCUT2D eigenvalue weighted by Crippen LogP contribution is 2.26. The number of alkyl halides is 3. The van der Waals surface area contributed by atoms with Gasteiger partial charge in [-0.05, 0) is 18.8 Å². The topological polar surface area (TPSA) is 35.2 Å². The minimum Gasteiger partial charge on any atom is -0.381 e. The molecule has 0 spiro atoms. The van der Waals surface area contributed by atoms with Gasteiger partial charge in [0.15, 0.2) is 0 Å². The van der Waals surface area contributed by atoms with Gasteiger partial charge in [-0.3, -0.25) is 0 Å². The number of hydrogen-bond donors (Lipinski definition) is 1. The molecule has 1 unspecified atom stereocenters. The zero-order valence-electron chi connectivity index (χ0n) is 7.31. The molecule has 78 valence electrons. The van der Waals surface area contributed by atoms with E-state index in [1.165, 1.54) is 0 Å². The van der Waals surface area contributed by atoms with Crippen molar-refractivity contribution >= 4 is 0 Å². The van der Waals surface area contributed by atoms with Crippen LogP contribution in [-0.4, -0.2) is 25.4 Å². The normalized spacial score (nSPS) is 27.2. The molecule has 1 heterocycles. The van der Waals surface area contributed by atoms with Gasteiger partial charge in [-0.25, -0.2) is 0 Å². The molecule has 0 amide bonds. The van der Waals surface area contributed by atoms with E-state index in [-0.39, 0.29) is 5.92 Å². The molecule has 1 rings (SSSR count). The van der Waals surface area contributed by atoms with Crippen LogP contribution >= 0.6 is 0 Å². The largest absolute Gasteiger partial charge is 0.390 e. The third-order valence-corrected chi connectivity index (χ3v) is 2.27. The monoisotopic (exact) mass is 197 g/mol. The van der Waals surface area contributed by atoms with Gasteiger partial charge in [-0.1, -0.05) is 0 Å². The van der Waals surface area contributed by atoms with E-state index in [0.717, 1.165) is 12.8 Å². The molecule has 2 N–H and O–H groups in total. The van der Waals surface area contributed by atoms with E-state index in [9.17, 15) is 13.2 Å². The van der Waals surface area contributed by atoms with E-state index in [1.807, 2.05) is 0 Å². The first-order valence-electron chi connectivity index (χ1n) is 4.39. The second kappa shape index (κ2) is 4.28. The van der Waals surface area contributed by atoms with Gasteiger partial charge in [0.1, 0.15) is 0 Å². The van der Waals surface area contributed by atoms with Crippen LogP contribution in [0.5, 0.6) is 0 Å². The van der Waals surface area contributed by atoms with Gasteiger partial charge >= 0.3 is 6.18 Å². The van der Waals surface area contributed by atoms with Crippen molar-refractivity contribution in [2.24, 2.45) is 11.7 Å². The summed E-state index contributed by atoms with van der Waals surface area (Å²) in [5.74, 6) is -0.129. The Labute approximate surface area is 75.2 Å². The summed E-state index contributed by atoms with van der Waals surface area (Å²) < 4.78 is 40.9. The van der Waals surface area contributed by atoms with Crippen molar-refractivity contribution in [3.05, 3.63) is 0 Å². The Bertz CT molecular complexity index is 154. The van der Waals surface area contributed by atoms with Crippen molar-refractivity contribution in [3.63, 3.8) is 0 Å². The summed E-state index contributed by atoms with van der Waals surface area (Å²) in [6, 6.07) is -0.805. The van der Waals surface area contributed by atoms with Crippen LogP contribution in [0.2, 0.25) is 0 Å². The molecule has 5 heteroatoms. The summed E-state index contributed by atoms with van der Waals surface area (Å²) in [4.78, 5) is 0. The summed E-state index contributed by atoms with van der Waals surface area (Å²) in [5.41, 5.74) is 5.43. The summed E-state index contributed by atoms with van der Waals surface area (Å²) >= 11 is 0. The number of ether oxygens (including phenoxy) is 1. The summed E-state index contributed by atoms with van der Waals surface area (Å²) in [7, 11) is 0. The first-order valence-corrected chi connectivity index (χ1v) is 4.39. The SMILES string of the molecule is N[C@H](CC(F)(F)F)C1CCCOC1. The molecule has 1 fully saturated rings. The Balaban J connectivity index is 2.33. The van der Waals surface area contributed by atoms with Crippen LogP contribution in [0.25, 0.3) is 0 Å². The molecule has 0 aromatic heterocycles. The minimum atomic E-state index is -4.16. The standard InChI is InChI=1S/C8H14F3NO/c9-8(10,11)4-7(12)6-2-1-3-13-5-6/h6-7H,1-5,12H2/t6?,7-/m1/s1. The minimum absolute atomic E-state index is 0.129. The van der Waals surface area contributed by atoms with E-state index < -0.39 is 18.6 Å². The van der Waals surface area contributed by atoms with E-state index in [4.69, 9.17) is 10.5 Å². The molecule has 1 aliphatic rings. The van der Waals surface area contributed by atoms with Crippen LogP contribution in [0.3, 0.4) is 0 Å². The predicted octanol–water partition coefficient (Wildman–Crippen LogP) is 1.69. The average molecular weight is 197 g/mol. The van der Waals surface area contributed by atoms with Crippen LogP contribution in [0, 0.1) is 5.92 Å². The Kier molecular flexibility index (Phi) is 3.55. The molecule has 0 aliphatic carbocycles. The van der Waals surface area contributed by atoms with Gasteiger partial charge in [0, 0.05) is 12.6 Å². The zero-order valence-corrected chi connectivity index (χ0v) is 7.31. The molecule has 0 radical (unpaired) electrons. The number of halogens is 3. The average Bonchev–Trinajstić information content (AvgIpc) is 2.03. The molecular weight excluding hydrogens is 183 g/mol. The van der Waals surface area contributed by atoms with E-state index in [0.29, 0.717) is 13.2 Å². The smallest absolute Gasteiger partial charge is 0.381 e. The van der Waals surface area contributed by atoms with Crippen LogP contribution in [0.1, 0.15) is 19.3 Å². The molecule has 0 aromatic rings. The van der Waals surface area contributed by atoms with E-state index in [1.54, 1.807) is 0 Å². The highest BCUT2D eigenvalue weighted by Gasteiger charge is 2.34. The van der Waals surface area contributed by atoms with Gasteiger partial charge in [0.25, 0.3) is 0 Å². The maximum atomic E-state index is 11.9. The molecule has 13 heavy (non-hydrogen) atoms. The lowest BCUT2D eigenvalue weighted by atomic mass is 9.92. The van der Waals surface area contributed by atoms with Crippen LogP contribution in [0.4, 0.5) is 13.2 Å². The van der Waals surface area contributed by atoms with E-state index in [2.05, 4.69) is 0 Å². The Morgan fingerprint density at radius 3 is 2.62 bits per heavy atom. The molecule has 0 aromatic carbocycles. The Morgan fingerprint density at radius 2 is 2.15 bits per heavy atom. The fourth-order valence-corrected chi connectivity index (χ4v) is 1.54. The van der Waals surface area contributed by atoms with Crippen LogP contribution < -0.4 is 5.73 Å². The molecule has 1 saturated heterocycles. The molecule has 2 nitrogen and oxygen atoms in total. The first-order chi connectivity index (χ1) is 5.99. The predicted molar refractivity (Wildman–Crippen MR) is 42.2 cm³/mol. The molecule has 2 atom stereocenters. The first kappa shape index (κ1) is 10.8. The third kappa shape index (κ3) is 3.95. The number of hydrogen-bond acceptors (Lipinski definition) is 2. The second-order valence-corrected chi connectivity index (χ2v) is 3.46. The van der Waals surface area contributed by atoms with Gasteiger partial charge in [0.2, 0.25) is 0 Å². The van der Waals surface area contributed by atoms with Crippen molar-refractivity contribution in [1.29, 1.82) is 0 Å². The highest BCUT2D eigenvalue weighted by atomic mass is 19.4. The van der Waals surface area contributed by atoms with E-state index >= 15 is 0 Å². The molecule has 1 aliphatic heterocycles. The summed E-state index contributed by atoms with van der Waals surface area (Å²) in [6.45, 7) is 1.02. The van der Waals surface area contributed by atoms with Gasteiger partial charge in [-0.2, -0.15) is 13.2 Å². The fraction of sp³-hybridized carbons (Fsp3) is 1.00. The van der Waals surface area contributed by atoms with Gasteiger partial charge in [-0.15, -0.1) is 0 Å². The second-order valence-electron chi connectivity index (χ2n) is 3.46. The van der Waals surface area contributed by atoms with Gasteiger partial charge < -0.3 is 10.5 Å². The maximum Gasteiger partial charge on any atom is 0.390 e. The van der Waals surface area contributed by atoms with Crippen LogP contribution in [0.15, 0.2) is 0 Å². The van der Waals surface area contributed by atoms with Crippen LogP contribution in [-0.2, 0) is 4.74 Å². The highest BCUT2D eigenvalue weighted by molar-refractivity contribution is 4.77. The lowest BCUT2D eigenvalue weighted by molar-refractivity contribution is -0.143.